The molecule has 66 valence electrons. The molecule has 0 saturated carbocycles. The second-order valence-electron chi connectivity index (χ2n) is 4.12. The van der Waals surface area contributed by atoms with Crippen molar-refractivity contribution in [2.45, 2.75) is 33.1 Å². The molecule has 0 aliphatic carbocycles. The Morgan fingerprint density at radius 1 is 1.36 bits per heavy atom. The van der Waals surface area contributed by atoms with Crippen molar-refractivity contribution in [1.29, 1.82) is 0 Å². The van der Waals surface area contributed by atoms with E-state index in [9.17, 15) is 0 Å². The van der Waals surface area contributed by atoms with Gasteiger partial charge in [0, 0.05) is 0 Å². The number of hydrogen-bond donors (Lipinski definition) is 0. The fraction of sp³-hybridized carbons (Fsp3) is 1.00. The Balaban J connectivity index is 2.07. The normalized spacial score (nSPS) is 21.7. The molecule has 11 heavy (non-hydrogen) atoms. The fourth-order valence-corrected chi connectivity index (χ4v) is 4.91. The Kier molecular flexibility index (Phi) is 3.58. The van der Waals surface area contributed by atoms with Gasteiger partial charge in [0.25, 0.3) is 0 Å². The van der Waals surface area contributed by atoms with E-state index in [1.54, 1.807) is 0 Å². The van der Waals surface area contributed by atoms with Gasteiger partial charge in [-0.15, -0.1) is 0 Å². The van der Waals surface area contributed by atoms with Crippen molar-refractivity contribution < 1.29 is 0 Å². The smallest absolute Gasteiger partial charge is 0.0231 e. The maximum absolute atomic E-state index is 5.59. The minimum absolute atomic E-state index is 0.716. The van der Waals surface area contributed by atoms with Gasteiger partial charge in [-0.05, 0) is 43.3 Å². The van der Waals surface area contributed by atoms with E-state index >= 15 is 0 Å². The number of hydrogen-bond acceptors (Lipinski definition) is 1. The molecule has 1 heterocycles. The lowest BCUT2D eigenvalue weighted by atomic mass is 10.1. The molecule has 1 aliphatic rings. The highest BCUT2D eigenvalue weighted by atomic mass is 32.4. The fourth-order valence-electron chi connectivity index (χ4n) is 1.52. The highest BCUT2D eigenvalue weighted by Crippen LogP contribution is 2.55. The molecule has 1 fully saturated rings. The van der Waals surface area contributed by atoms with E-state index in [2.05, 4.69) is 13.8 Å². The molecule has 1 rings (SSSR count). The van der Waals surface area contributed by atoms with Gasteiger partial charge in [0.1, 0.15) is 0 Å². The van der Waals surface area contributed by atoms with Crippen LogP contribution in [0.4, 0.5) is 0 Å². The number of rotatable bonds is 4. The van der Waals surface area contributed by atoms with Crippen LogP contribution in [0.1, 0.15) is 33.1 Å². The van der Waals surface area contributed by atoms with Crippen LogP contribution < -0.4 is 0 Å². The standard InChI is InChI=1S/C9H19PS/c1-9(2)5-3-6-10(11)7-4-8-10/h9H,3-8H2,1-2H3. The first-order chi connectivity index (χ1) is 5.12. The summed E-state index contributed by atoms with van der Waals surface area (Å²) in [5.41, 5.74) is 0. The summed E-state index contributed by atoms with van der Waals surface area (Å²) in [5, 5.41) is 0. The predicted octanol–water partition coefficient (Wildman–Crippen LogP) is 3.31. The zero-order valence-electron chi connectivity index (χ0n) is 7.68. The van der Waals surface area contributed by atoms with E-state index in [-0.39, 0.29) is 0 Å². The zero-order chi connectivity index (χ0) is 8.32. The highest BCUT2D eigenvalue weighted by molar-refractivity contribution is 8.15. The average Bonchev–Trinajstić information content (AvgIpc) is 1.83. The van der Waals surface area contributed by atoms with Crippen LogP contribution in [0, 0.1) is 5.92 Å². The molecule has 0 amide bonds. The first-order valence-electron chi connectivity index (χ1n) is 4.69. The Hall–Kier alpha value is 0.650. The van der Waals surface area contributed by atoms with E-state index < -0.39 is 6.04 Å². The van der Waals surface area contributed by atoms with Crippen molar-refractivity contribution in [3.63, 3.8) is 0 Å². The second-order valence-corrected chi connectivity index (χ2v) is 9.90. The van der Waals surface area contributed by atoms with Gasteiger partial charge in [0.2, 0.25) is 0 Å². The minimum Gasteiger partial charge on any atom is -0.0975 e. The molecule has 1 aliphatic heterocycles. The summed E-state index contributed by atoms with van der Waals surface area (Å²) in [6.45, 7) is 4.60. The molecule has 2 heteroatoms. The van der Waals surface area contributed by atoms with Crippen LogP contribution in [0.15, 0.2) is 0 Å². The van der Waals surface area contributed by atoms with Crippen LogP contribution in [-0.4, -0.2) is 18.5 Å². The molecule has 0 radical (unpaired) electrons. The molecule has 0 aromatic heterocycles. The Labute approximate surface area is 75.8 Å². The molecular weight excluding hydrogens is 171 g/mol. The van der Waals surface area contributed by atoms with Crippen molar-refractivity contribution in [1.82, 2.24) is 0 Å². The van der Waals surface area contributed by atoms with Crippen molar-refractivity contribution in [2.75, 3.05) is 18.5 Å². The average molecular weight is 190 g/mol. The molecule has 1 saturated heterocycles. The van der Waals surface area contributed by atoms with Crippen LogP contribution >= 0.6 is 6.04 Å². The maximum atomic E-state index is 5.59. The molecule has 0 bridgehead atoms. The van der Waals surface area contributed by atoms with E-state index in [0.717, 1.165) is 5.92 Å². The van der Waals surface area contributed by atoms with Crippen LogP contribution in [0.2, 0.25) is 0 Å². The van der Waals surface area contributed by atoms with Crippen LogP contribution in [0.5, 0.6) is 0 Å². The van der Waals surface area contributed by atoms with Gasteiger partial charge in [-0.25, -0.2) is 0 Å². The third kappa shape index (κ3) is 3.25. The van der Waals surface area contributed by atoms with Crippen LogP contribution in [0.3, 0.4) is 0 Å². The second kappa shape index (κ2) is 4.05. The highest BCUT2D eigenvalue weighted by Gasteiger charge is 2.24. The molecule has 0 spiro atoms. The Morgan fingerprint density at radius 2 is 2.00 bits per heavy atom. The topological polar surface area (TPSA) is 0 Å². The van der Waals surface area contributed by atoms with Gasteiger partial charge in [-0.3, -0.25) is 0 Å². The molecule has 0 unspecified atom stereocenters. The van der Waals surface area contributed by atoms with Crippen LogP contribution in [0.25, 0.3) is 0 Å². The van der Waals surface area contributed by atoms with E-state index in [0.29, 0.717) is 0 Å². The van der Waals surface area contributed by atoms with Gasteiger partial charge in [0.15, 0.2) is 0 Å². The summed E-state index contributed by atoms with van der Waals surface area (Å²) in [4.78, 5) is 0. The lowest BCUT2D eigenvalue weighted by Gasteiger charge is -2.30. The van der Waals surface area contributed by atoms with Gasteiger partial charge < -0.3 is 0 Å². The first kappa shape index (κ1) is 9.74. The molecule has 0 nitrogen and oxygen atoms in total. The summed E-state index contributed by atoms with van der Waals surface area (Å²) in [7, 11) is 0. The third-order valence-corrected chi connectivity index (χ3v) is 7.52. The van der Waals surface area contributed by atoms with Gasteiger partial charge in [-0.1, -0.05) is 32.1 Å². The molecular formula is C9H19PS. The van der Waals surface area contributed by atoms with Crippen molar-refractivity contribution in [3.05, 3.63) is 0 Å². The quantitative estimate of drug-likeness (QED) is 0.613. The van der Waals surface area contributed by atoms with Gasteiger partial charge >= 0.3 is 0 Å². The van der Waals surface area contributed by atoms with Gasteiger partial charge in [-0.2, -0.15) is 0 Å². The van der Waals surface area contributed by atoms with E-state index in [4.69, 9.17) is 11.8 Å². The monoisotopic (exact) mass is 190 g/mol. The zero-order valence-corrected chi connectivity index (χ0v) is 9.39. The van der Waals surface area contributed by atoms with E-state index in [1.165, 1.54) is 37.7 Å². The van der Waals surface area contributed by atoms with Crippen molar-refractivity contribution in [2.24, 2.45) is 5.92 Å². The van der Waals surface area contributed by atoms with Crippen molar-refractivity contribution in [3.8, 4) is 0 Å². The molecule has 0 aromatic rings. The molecule has 0 atom stereocenters. The molecule has 0 N–H and O–H groups in total. The SMILES string of the molecule is CC(C)CCCP1(=S)CCC1. The van der Waals surface area contributed by atoms with Crippen molar-refractivity contribution >= 4 is 17.8 Å². The van der Waals surface area contributed by atoms with Gasteiger partial charge in [0.05, 0.1) is 0 Å². The summed E-state index contributed by atoms with van der Waals surface area (Å²) in [6, 6.07) is -0.716. The lowest BCUT2D eigenvalue weighted by Crippen LogP contribution is -2.11. The Morgan fingerprint density at radius 3 is 2.36 bits per heavy atom. The maximum Gasteiger partial charge on any atom is -0.0231 e. The summed E-state index contributed by atoms with van der Waals surface area (Å²) >= 11 is 5.59. The minimum atomic E-state index is -0.716. The van der Waals surface area contributed by atoms with E-state index in [1.807, 2.05) is 0 Å². The summed E-state index contributed by atoms with van der Waals surface area (Å²) in [5.74, 6) is 0.873. The molecule has 0 aromatic carbocycles. The lowest BCUT2D eigenvalue weighted by molar-refractivity contribution is 0.577. The summed E-state index contributed by atoms with van der Waals surface area (Å²) in [6.07, 6.45) is 8.45. The largest absolute Gasteiger partial charge is 0.0975 e. The third-order valence-electron chi connectivity index (χ3n) is 2.48. The Bertz CT molecular complexity index is 155. The summed E-state index contributed by atoms with van der Waals surface area (Å²) < 4.78 is 0. The first-order valence-corrected chi connectivity index (χ1v) is 8.05. The predicted molar refractivity (Wildman–Crippen MR) is 57.6 cm³/mol. The van der Waals surface area contributed by atoms with Crippen LogP contribution in [-0.2, 0) is 11.8 Å².